The normalized spacial score (nSPS) is 16.8. The Bertz CT molecular complexity index is 1550. The lowest BCUT2D eigenvalue weighted by Crippen LogP contribution is -2.39. The van der Waals surface area contributed by atoms with E-state index in [9.17, 15) is 14.4 Å². The molecule has 3 aromatic heterocycles. The molecule has 1 aromatic carbocycles. The number of hydrogen-bond acceptors (Lipinski definition) is 6. The number of hydrogen-bond donors (Lipinski definition) is 0. The van der Waals surface area contributed by atoms with Crippen molar-refractivity contribution < 1.29 is 9.21 Å². The second-order valence-corrected chi connectivity index (χ2v) is 8.61. The smallest absolute Gasteiger partial charge is 0.332 e. The van der Waals surface area contributed by atoms with Crippen molar-refractivity contribution in [1.29, 1.82) is 0 Å². The lowest BCUT2D eigenvalue weighted by atomic mass is 10.0. The predicted molar refractivity (Wildman–Crippen MR) is 126 cm³/mol. The highest BCUT2D eigenvalue weighted by Crippen LogP contribution is 2.35. The molecule has 0 fully saturated rings. The lowest BCUT2D eigenvalue weighted by Gasteiger charge is -2.24. The number of nitrogens with zero attached hydrogens (tertiary/aromatic N) is 6. The van der Waals surface area contributed by atoms with E-state index in [1.54, 1.807) is 37.5 Å². The third kappa shape index (κ3) is 3.38. The first-order valence-electron chi connectivity index (χ1n) is 10.6. The number of benzene rings is 1. The minimum Gasteiger partial charge on any atom is -0.467 e. The van der Waals surface area contributed by atoms with Crippen LogP contribution in [0.25, 0.3) is 11.2 Å². The fraction of sp³-hybridized carbons (Fsp3) is 0.261. The van der Waals surface area contributed by atoms with Crippen LogP contribution in [0.3, 0.4) is 0 Å². The van der Waals surface area contributed by atoms with Crippen LogP contribution in [-0.2, 0) is 18.9 Å². The van der Waals surface area contributed by atoms with Crippen molar-refractivity contribution in [3.63, 3.8) is 0 Å². The Kier molecular flexibility index (Phi) is 5.24. The van der Waals surface area contributed by atoms with Crippen LogP contribution in [0.1, 0.15) is 36.8 Å². The van der Waals surface area contributed by atoms with Gasteiger partial charge < -0.3 is 8.98 Å². The first kappa shape index (κ1) is 21.9. The molecule has 1 aliphatic rings. The van der Waals surface area contributed by atoms with Crippen LogP contribution in [0.4, 0.5) is 0 Å². The first-order chi connectivity index (χ1) is 16.3. The maximum Gasteiger partial charge on any atom is 0.332 e. The van der Waals surface area contributed by atoms with Crippen LogP contribution in [0, 0.1) is 0 Å². The second-order valence-electron chi connectivity index (χ2n) is 8.18. The van der Waals surface area contributed by atoms with Gasteiger partial charge in [0.05, 0.1) is 18.3 Å². The number of aryl methyl sites for hydroxylation is 1. The standard InChI is InChI=1S/C23H21ClN6O4/c1-13(29-12-25-20-19(29)22(32)28(3)23(33)27(20)2)21(31)30-17(18-5-4-10-34-18)11-16(26-30)14-6-8-15(24)9-7-14/h4-10,12-13,17H,11H2,1-3H3/t13-,17+/m0/s1. The van der Waals surface area contributed by atoms with Gasteiger partial charge in [-0.25, -0.2) is 14.8 Å². The van der Waals surface area contributed by atoms with Crippen LogP contribution in [-0.4, -0.2) is 35.3 Å². The molecule has 0 N–H and O–H groups in total. The predicted octanol–water partition coefficient (Wildman–Crippen LogP) is 2.62. The highest BCUT2D eigenvalue weighted by atomic mass is 35.5. The summed E-state index contributed by atoms with van der Waals surface area (Å²) in [6, 6.07) is 9.54. The molecule has 11 heteroatoms. The highest BCUT2D eigenvalue weighted by Gasteiger charge is 2.37. The van der Waals surface area contributed by atoms with Gasteiger partial charge in [0, 0.05) is 25.5 Å². The second kappa shape index (κ2) is 8.14. The van der Waals surface area contributed by atoms with Crippen LogP contribution in [0.15, 0.2) is 68.1 Å². The van der Waals surface area contributed by atoms with Crippen LogP contribution < -0.4 is 11.2 Å². The number of amides is 1. The number of rotatable bonds is 4. The number of imidazole rings is 1. The molecular formula is C23H21ClN6O4. The summed E-state index contributed by atoms with van der Waals surface area (Å²) < 4.78 is 9.36. The maximum absolute atomic E-state index is 13.7. The Labute approximate surface area is 198 Å². The zero-order valence-corrected chi connectivity index (χ0v) is 19.4. The molecule has 0 saturated carbocycles. The molecule has 0 aliphatic carbocycles. The summed E-state index contributed by atoms with van der Waals surface area (Å²) in [5.41, 5.74) is 0.928. The molecule has 4 heterocycles. The first-order valence-corrected chi connectivity index (χ1v) is 11.0. The van der Waals surface area contributed by atoms with Gasteiger partial charge in [-0.2, -0.15) is 5.10 Å². The maximum atomic E-state index is 13.7. The molecule has 0 bridgehead atoms. The van der Waals surface area contributed by atoms with E-state index in [2.05, 4.69) is 10.1 Å². The summed E-state index contributed by atoms with van der Waals surface area (Å²) >= 11 is 6.02. The quantitative estimate of drug-likeness (QED) is 0.446. The number of halogens is 1. The van der Waals surface area contributed by atoms with Gasteiger partial charge in [0.15, 0.2) is 11.2 Å². The summed E-state index contributed by atoms with van der Waals surface area (Å²) in [7, 11) is 2.92. The van der Waals surface area contributed by atoms with Gasteiger partial charge >= 0.3 is 5.69 Å². The molecule has 0 radical (unpaired) electrons. The summed E-state index contributed by atoms with van der Waals surface area (Å²) in [4.78, 5) is 43.0. The average molecular weight is 481 g/mol. The van der Waals surface area contributed by atoms with E-state index < -0.39 is 23.3 Å². The van der Waals surface area contributed by atoms with E-state index in [-0.39, 0.29) is 17.1 Å². The molecule has 174 valence electrons. The Morgan fingerprint density at radius 1 is 1.15 bits per heavy atom. The average Bonchev–Trinajstić information content (AvgIpc) is 3.59. The van der Waals surface area contributed by atoms with Crippen molar-refractivity contribution in [2.24, 2.45) is 19.2 Å². The van der Waals surface area contributed by atoms with E-state index in [1.165, 1.54) is 34.6 Å². The highest BCUT2D eigenvalue weighted by molar-refractivity contribution is 6.30. The van der Waals surface area contributed by atoms with Crippen molar-refractivity contribution in [2.75, 3.05) is 0 Å². The van der Waals surface area contributed by atoms with E-state index in [4.69, 9.17) is 16.0 Å². The molecule has 0 spiro atoms. The molecule has 1 aliphatic heterocycles. The number of furan rings is 1. The zero-order chi connectivity index (χ0) is 24.1. The van der Waals surface area contributed by atoms with Gasteiger partial charge in [-0.1, -0.05) is 23.7 Å². The Morgan fingerprint density at radius 2 is 1.88 bits per heavy atom. The van der Waals surface area contributed by atoms with Crippen molar-refractivity contribution in [3.05, 3.63) is 86.2 Å². The summed E-state index contributed by atoms with van der Waals surface area (Å²) in [6.45, 7) is 1.67. The Balaban J connectivity index is 1.57. The number of hydrazone groups is 1. The van der Waals surface area contributed by atoms with Gasteiger partial charge in [0.2, 0.25) is 0 Å². The lowest BCUT2D eigenvalue weighted by molar-refractivity contribution is -0.136. The fourth-order valence-corrected chi connectivity index (χ4v) is 4.33. The van der Waals surface area contributed by atoms with Gasteiger partial charge in [-0.3, -0.25) is 18.7 Å². The number of carbonyl (C=O) groups excluding carboxylic acids is 1. The summed E-state index contributed by atoms with van der Waals surface area (Å²) in [6.07, 6.45) is 3.40. The molecule has 34 heavy (non-hydrogen) atoms. The van der Waals surface area contributed by atoms with Crippen LogP contribution in [0.5, 0.6) is 0 Å². The van der Waals surface area contributed by atoms with E-state index >= 15 is 0 Å². The van der Waals surface area contributed by atoms with Gasteiger partial charge in [0.1, 0.15) is 17.8 Å². The van der Waals surface area contributed by atoms with Crippen molar-refractivity contribution >= 4 is 34.4 Å². The molecule has 0 unspecified atom stereocenters. The van der Waals surface area contributed by atoms with Crippen molar-refractivity contribution in [2.45, 2.75) is 25.4 Å². The molecule has 10 nitrogen and oxygen atoms in total. The van der Waals surface area contributed by atoms with E-state index in [1.807, 2.05) is 12.1 Å². The fourth-order valence-electron chi connectivity index (χ4n) is 4.20. The van der Waals surface area contributed by atoms with E-state index in [0.29, 0.717) is 22.9 Å². The minimum atomic E-state index is -0.819. The Hall–Kier alpha value is -3.92. The molecule has 4 aromatic rings. The molecule has 2 atom stereocenters. The molecule has 5 rings (SSSR count). The van der Waals surface area contributed by atoms with Gasteiger partial charge in [-0.15, -0.1) is 0 Å². The van der Waals surface area contributed by atoms with Gasteiger partial charge in [0.25, 0.3) is 11.5 Å². The topological polar surface area (TPSA) is 108 Å². The van der Waals surface area contributed by atoms with Crippen molar-refractivity contribution in [3.8, 4) is 0 Å². The largest absolute Gasteiger partial charge is 0.467 e. The molecular weight excluding hydrogens is 460 g/mol. The third-order valence-electron chi connectivity index (χ3n) is 6.13. The minimum absolute atomic E-state index is 0.168. The van der Waals surface area contributed by atoms with Gasteiger partial charge in [-0.05, 0) is 36.8 Å². The summed E-state index contributed by atoms with van der Waals surface area (Å²) in [5, 5.41) is 6.63. The molecule has 0 saturated heterocycles. The van der Waals surface area contributed by atoms with Crippen LogP contribution in [0.2, 0.25) is 5.02 Å². The van der Waals surface area contributed by atoms with E-state index in [0.717, 1.165) is 10.1 Å². The number of aromatic nitrogens is 4. The SMILES string of the molecule is C[C@@H](C(=O)N1N=C(c2ccc(Cl)cc2)C[C@@H]1c1ccco1)n1cnc2c1c(=O)n(C)c(=O)n2C. The Morgan fingerprint density at radius 3 is 2.56 bits per heavy atom. The van der Waals surface area contributed by atoms with Crippen molar-refractivity contribution in [1.82, 2.24) is 23.7 Å². The number of carbonyl (C=O) groups is 1. The summed E-state index contributed by atoms with van der Waals surface area (Å²) in [5.74, 6) is 0.252. The number of fused-ring (bicyclic) bond motifs is 1. The monoisotopic (exact) mass is 480 g/mol. The third-order valence-corrected chi connectivity index (χ3v) is 6.39. The molecule has 1 amide bonds. The zero-order valence-electron chi connectivity index (χ0n) is 18.7. The van der Waals surface area contributed by atoms with Crippen LogP contribution >= 0.6 is 11.6 Å².